The number of carboxylic acid groups (broad SMARTS) is 1. The zero-order chi connectivity index (χ0) is 7.72. The van der Waals surface area contributed by atoms with Gasteiger partial charge in [-0.15, -0.1) is 0 Å². The molecule has 0 unspecified atom stereocenters. The third-order valence-electron chi connectivity index (χ3n) is 2.01. The predicted molar refractivity (Wildman–Crippen MR) is 38.7 cm³/mol. The van der Waals surface area contributed by atoms with Crippen molar-refractivity contribution in [1.82, 2.24) is 0 Å². The van der Waals surface area contributed by atoms with Crippen LogP contribution in [0.5, 0.6) is 0 Å². The first kappa shape index (κ1) is 7.58. The van der Waals surface area contributed by atoms with E-state index in [1.54, 1.807) is 0 Å². The zero-order valence-corrected chi connectivity index (χ0v) is 6.50. The van der Waals surface area contributed by atoms with Crippen molar-refractivity contribution in [1.29, 1.82) is 0 Å². The van der Waals surface area contributed by atoms with Gasteiger partial charge in [-0.05, 0) is 24.7 Å². The Morgan fingerprint density at radius 1 is 1.70 bits per heavy atom. The summed E-state index contributed by atoms with van der Waals surface area (Å²) < 4.78 is 0. The van der Waals surface area contributed by atoms with Crippen LogP contribution in [0.25, 0.3) is 0 Å². The highest BCUT2D eigenvalue weighted by molar-refractivity contribution is 5.73. The van der Waals surface area contributed by atoms with Crippen molar-refractivity contribution in [3.8, 4) is 0 Å². The average molecular weight is 142 g/mol. The molecule has 1 aliphatic rings. The normalized spacial score (nSPS) is 30.7. The topological polar surface area (TPSA) is 37.3 Å². The van der Waals surface area contributed by atoms with E-state index in [2.05, 4.69) is 13.8 Å². The summed E-state index contributed by atoms with van der Waals surface area (Å²) in [6.07, 6.45) is 1.99. The number of carbonyl (C=O) groups is 1. The molecule has 0 radical (unpaired) electrons. The highest BCUT2D eigenvalue weighted by Gasteiger charge is 2.42. The van der Waals surface area contributed by atoms with Crippen LogP contribution in [-0.2, 0) is 4.79 Å². The quantitative estimate of drug-likeness (QED) is 0.651. The first-order valence-corrected chi connectivity index (χ1v) is 3.84. The third kappa shape index (κ3) is 1.72. The second kappa shape index (κ2) is 2.60. The molecule has 0 aliphatic heterocycles. The van der Waals surface area contributed by atoms with Gasteiger partial charge in [-0.25, -0.2) is 0 Å². The van der Waals surface area contributed by atoms with Crippen LogP contribution in [0.1, 0.15) is 26.7 Å². The van der Waals surface area contributed by atoms with Gasteiger partial charge >= 0.3 is 5.97 Å². The van der Waals surface area contributed by atoms with Crippen LogP contribution in [0.15, 0.2) is 0 Å². The monoisotopic (exact) mass is 142 g/mol. The minimum atomic E-state index is -0.606. The van der Waals surface area contributed by atoms with Crippen LogP contribution in [0.4, 0.5) is 0 Å². The third-order valence-corrected chi connectivity index (χ3v) is 2.01. The Labute approximate surface area is 61.2 Å². The minimum absolute atomic E-state index is 0.0117. The van der Waals surface area contributed by atoms with E-state index < -0.39 is 5.97 Å². The summed E-state index contributed by atoms with van der Waals surface area (Å²) >= 11 is 0. The van der Waals surface area contributed by atoms with E-state index in [1.165, 1.54) is 0 Å². The lowest BCUT2D eigenvalue weighted by Gasteiger charge is -2.00. The SMILES string of the molecule is CC(C)C[C@H]1C[C@H]1C(=O)O. The fraction of sp³-hybridized carbons (Fsp3) is 0.875. The van der Waals surface area contributed by atoms with E-state index in [-0.39, 0.29) is 5.92 Å². The van der Waals surface area contributed by atoms with Crippen LogP contribution >= 0.6 is 0 Å². The second-order valence-corrected chi connectivity index (χ2v) is 3.57. The molecule has 1 aliphatic carbocycles. The van der Waals surface area contributed by atoms with Crippen molar-refractivity contribution in [3.63, 3.8) is 0 Å². The molecule has 0 spiro atoms. The maximum atomic E-state index is 10.4. The van der Waals surface area contributed by atoms with E-state index in [0.717, 1.165) is 12.8 Å². The molecule has 0 heterocycles. The number of aliphatic carboxylic acids is 1. The molecule has 0 aromatic carbocycles. The molecule has 0 amide bonds. The Morgan fingerprint density at radius 2 is 2.30 bits per heavy atom. The van der Waals surface area contributed by atoms with E-state index >= 15 is 0 Å². The minimum Gasteiger partial charge on any atom is -0.481 e. The van der Waals surface area contributed by atoms with Crippen molar-refractivity contribution in [2.45, 2.75) is 26.7 Å². The van der Waals surface area contributed by atoms with Crippen LogP contribution < -0.4 is 0 Å². The van der Waals surface area contributed by atoms with Crippen LogP contribution in [0.2, 0.25) is 0 Å². The zero-order valence-electron chi connectivity index (χ0n) is 6.50. The highest BCUT2D eigenvalue weighted by atomic mass is 16.4. The molecule has 2 nitrogen and oxygen atoms in total. The van der Waals surface area contributed by atoms with Crippen molar-refractivity contribution >= 4 is 5.97 Å². The largest absolute Gasteiger partial charge is 0.481 e. The van der Waals surface area contributed by atoms with Gasteiger partial charge in [0, 0.05) is 0 Å². The first-order valence-electron chi connectivity index (χ1n) is 3.84. The molecule has 2 atom stereocenters. The van der Waals surface area contributed by atoms with E-state index in [0.29, 0.717) is 11.8 Å². The van der Waals surface area contributed by atoms with Crippen LogP contribution in [0.3, 0.4) is 0 Å². The maximum Gasteiger partial charge on any atom is 0.306 e. The van der Waals surface area contributed by atoms with Gasteiger partial charge in [0.2, 0.25) is 0 Å². The lowest BCUT2D eigenvalue weighted by Crippen LogP contribution is -2.00. The second-order valence-electron chi connectivity index (χ2n) is 3.57. The Morgan fingerprint density at radius 3 is 2.60 bits per heavy atom. The molecular formula is C8H14O2. The standard InChI is InChI=1S/C8H14O2/c1-5(2)3-6-4-7(6)8(9)10/h5-7H,3-4H2,1-2H3,(H,9,10)/t6-,7+/m0/s1. The van der Waals surface area contributed by atoms with Gasteiger partial charge in [-0.3, -0.25) is 4.79 Å². The van der Waals surface area contributed by atoms with Crippen molar-refractivity contribution in [3.05, 3.63) is 0 Å². The molecular weight excluding hydrogens is 128 g/mol. The molecule has 0 bridgehead atoms. The fourth-order valence-corrected chi connectivity index (χ4v) is 1.42. The number of rotatable bonds is 3. The Bertz CT molecular complexity index is 140. The summed E-state index contributed by atoms with van der Waals surface area (Å²) in [5.74, 6) is 0.514. The summed E-state index contributed by atoms with van der Waals surface area (Å²) in [6.45, 7) is 4.27. The van der Waals surface area contributed by atoms with Gasteiger partial charge in [-0.1, -0.05) is 13.8 Å². The van der Waals surface area contributed by atoms with Gasteiger partial charge < -0.3 is 5.11 Å². The van der Waals surface area contributed by atoms with Crippen LogP contribution in [-0.4, -0.2) is 11.1 Å². The summed E-state index contributed by atoms with van der Waals surface area (Å²) in [7, 11) is 0. The van der Waals surface area contributed by atoms with Gasteiger partial charge in [0.25, 0.3) is 0 Å². The van der Waals surface area contributed by atoms with Crippen molar-refractivity contribution < 1.29 is 9.90 Å². The summed E-state index contributed by atoms with van der Waals surface area (Å²) in [4.78, 5) is 10.4. The first-order chi connectivity index (χ1) is 4.61. The number of hydrogen-bond donors (Lipinski definition) is 1. The molecule has 1 N–H and O–H groups in total. The van der Waals surface area contributed by atoms with Crippen LogP contribution in [0, 0.1) is 17.8 Å². The molecule has 0 aromatic rings. The molecule has 10 heavy (non-hydrogen) atoms. The van der Waals surface area contributed by atoms with E-state index in [4.69, 9.17) is 5.11 Å². The Kier molecular flexibility index (Phi) is 1.97. The summed E-state index contributed by atoms with van der Waals surface area (Å²) in [5, 5.41) is 8.54. The number of carboxylic acids is 1. The maximum absolute atomic E-state index is 10.4. The lowest BCUT2D eigenvalue weighted by atomic mass is 10.1. The summed E-state index contributed by atoms with van der Waals surface area (Å²) in [6, 6.07) is 0. The lowest BCUT2D eigenvalue weighted by molar-refractivity contribution is -0.138. The Hall–Kier alpha value is -0.530. The van der Waals surface area contributed by atoms with Gasteiger partial charge in [0.05, 0.1) is 5.92 Å². The smallest absolute Gasteiger partial charge is 0.306 e. The van der Waals surface area contributed by atoms with Gasteiger partial charge in [-0.2, -0.15) is 0 Å². The summed E-state index contributed by atoms with van der Waals surface area (Å²) in [5.41, 5.74) is 0. The molecule has 58 valence electrons. The van der Waals surface area contributed by atoms with Gasteiger partial charge in [0.1, 0.15) is 0 Å². The molecule has 0 aromatic heterocycles. The van der Waals surface area contributed by atoms with Crippen molar-refractivity contribution in [2.24, 2.45) is 17.8 Å². The molecule has 1 fully saturated rings. The molecule has 1 saturated carbocycles. The average Bonchev–Trinajstić information content (AvgIpc) is 2.43. The predicted octanol–water partition coefficient (Wildman–Crippen LogP) is 1.75. The molecule has 1 rings (SSSR count). The van der Waals surface area contributed by atoms with Crippen molar-refractivity contribution in [2.75, 3.05) is 0 Å². The molecule has 2 heteroatoms. The highest BCUT2D eigenvalue weighted by Crippen LogP contribution is 2.42. The number of hydrogen-bond acceptors (Lipinski definition) is 1. The van der Waals surface area contributed by atoms with E-state index in [9.17, 15) is 4.79 Å². The van der Waals surface area contributed by atoms with Gasteiger partial charge in [0.15, 0.2) is 0 Å². The van der Waals surface area contributed by atoms with E-state index in [1.807, 2.05) is 0 Å². The Balaban J connectivity index is 2.20. The fourth-order valence-electron chi connectivity index (χ4n) is 1.42. The molecule has 0 saturated heterocycles.